The number of nitrogens with zero attached hydrogens (tertiary/aromatic N) is 1. The van der Waals surface area contributed by atoms with E-state index in [1.165, 1.54) is 19.1 Å². The lowest BCUT2D eigenvalue weighted by atomic mass is 10.1. The first-order chi connectivity index (χ1) is 12.8. The number of carbonyl (C=O) groups is 1. The number of hydrogen-bond acceptors (Lipinski definition) is 3. The van der Waals surface area contributed by atoms with Crippen molar-refractivity contribution in [2.24, 2.45) is 0 Å². The quantitative estimate of drug-likeness (QED) is 0.755. The van der Waals surface area contributed by atoms with Crippen molar-refractivity contribution in [3.63, 3.8) is 0 Å². The Balaban J connectivity index is 2.38. The van der Waals surface area contributed by atoms with E-state index in [1.807, 2.05) is 0 Å². The van der Waals surface area contributed by atoms with Gasteiger partial charge in [-0.3, -0.25) is 9.10 Å². The van der Waals surface area contributed by atoms with E-state index in [-0.39, 0.29) is 5.69 Å². The zero-order chi connectivity index (χ0) is 21.3. The molecule has 5 nitrogen and oxygen atoms in total. The van der Waals surface area contributed by atoms with Crippen LogP contribution in [0.15, 0.2) is 42.5 Å². The first kappa shape index (κ1) is 22.0. The summed E-state index contributed by atoms with van der Waals surface area (Å²) in [4.78, 5) is 12.6. The highest BCUT2D eigenvalue weighted by Crippen LogP contribution is 2.33. The summed E-state index contributed by atoms with van der Waals surface area (Å²) in [7, 11) is -4.05. The molecule has 0 saturated carbocycles. The number of benzene rings is 2. The van der Waals surface area contributed by atoms with Crippen molar-refractivity contribution in [2.45, 2.75) is 26.1 Å². The van der Waals surface area contributed by atoms with Crippen molar-refractivity contribution in [1.82, 2.24) is 0 Å². The Kier molecular flexibility index (Phi) is 6.30. The zero-order valence-corrected chi connectivity index (χ0v) is 16.8. The predicted octanol–water partition coefficient (Wildman–Crippen LogP) is 4.46. The molecule has 2 rings (SSSR count). The summed E-state index contributed by atoms with van der Waals surface area (Å²) in [6, 6.07) is 7.24. The third kappa shape index (κ3) is 5.17. The molecular formula is C18H18ClF3N2O3S. The first-order valence-electron chi connectivity index (χ1n) is 8.04. The van der Waals surface area contributed by atoms with Crippen LogP contribution in [-0.4, -0.2) is 26.6 Å². The van der Waals surface area contributed by atoms with Gasteiger partial charge in [0.15, 0.2) is 0 Å². The minimum absolute atomic E-state index is 0.262. The number of halogens is 4. The highest BCUT2D eigenvalue weighted by molar-refractivity contribution is 7.92. The second-order valence-corrected chi connectivity index (χ2v) is 8.50. The number of hydrogen-bond donors (Lipinski definition) is 1. The molecule has 0 fully saturated rings. The van der Waals surface area contributed by atoms with Crippen LogP contribution in [0.25, 0.3) is 0 Å². The summed E-state index contributed by atoms with van der Waals surface area (Å²) >= 11 is 6.00. The molecule has 0 bridgehead atoms. The summed E-state index contributed by atoms with van der Waals surface area (Å²) in [5, 5.41) is 2.93. The van der Waals surface area contributed by atoms with E-state index in [1.54, 1.807) is 19.1 Å². The molecule has 0 spiro atoms. The van der Waals surface area contributed by atoms with Crippen molar-refractivity contribution in [1.29, 1.82) is 0 Å². The fourth-order valence-electron chi connectivity index (χ4n) is 2.55. The highest BCUT2D eigenvalue weighted by Gasteiger charge is 2.34. The second-order valence-electron chi connectivity index (χ2n) is 6.24. The van der Waals surface area contributed by atoms with Gasteiger partial charge in [-0.25, -0.2) is 8.42 Å². The van der Waals surface area contributed by atoms with Gasteiger partial charge in [0.25, 0.3) is 0 Å². The fraction of sp³-hybridized carbons (Fsp3) is 0.278. The highest BCUT2D eigenvalue weighted by atomic mass is 35.5. The minimum atomic E-state index is -4.65. The summed E-state index contributed by atoms with van der Waals surface area (Å²) in [6.45, 7) is 3.06. The van der Waals surface area contributed by atoms with Crippen LogP contribution in [0.5, 0.6) is 0 Å². The molecule has 2 aromatic carbocycles. The monoisotopic (exact) mass is 434 g/mol. The second kappa shape index (κ2) is 8.00. The third-order valence-corrected chi connectivity index (χ3v) is 5.60. The van der Waals surface area contributed by atoms with Crippen molar-refractivity contribution in [3.8, 4) is 0 Å². The number of alkyl halides is 3. The number of carbonyl (C=O) groups excluding carboxylic acids is 1. The van der Waals surface area contributed by atoms with Crippen LogP contribution in [0.2, 0.25) is 5.02 Å². The molecule has 0 aliphatic carbocycles. The van der Waals surface area contributed by atoms with Gasteiger partial charge >= 0.3 is 6.18 Å². The van der Waals surface area contributed by atoms with Crippen LogP contribution in [0.4, 0.5) is 24.5 Å². The van der Waals surface area contributed by atoms with Crippen molar-refractivity contribution in [2.75, 3.05) is 15.9 Å². The predicted molar refractivity (Wildman–Crippen MR) is 103 cm³/mol. The smallest absolute Gasteiger partial charge is 0.324 e. The van der Waals surface area contributed by atoms with Crippen molar-refractivity contribution < 1.29 is 26.4 Å². The van der Waals surface area contributed by atoms with E-state index < -0.39 is 33.7 Å². The number of rotatable bonds is 5. The molecule has 152 valence electrons. The average molecular weight is 435 g/mol. The van der Waals surface area contributed by atoms with Crippen molar-refractivity contribution in [3.05, 3.63) is 58.6 Å². The first-order valence-corrected chi connectivity index (χ1v) is 10.3. The molecule has 1 amide bonds. The van der Waals surface area contributed by atoms with Gasteiger partial charge in [0.05, 0.1) is 17.5 Å². The van der Waals surface area contributed by atoms with Gasteiger partial charge in [0.1, 0.15) is 6.04 Å². The molecule has 0 radical (unpaired) electrons. The molecular weight excluding hydrogens is 417 g/mol. The van der Waals surface area contributed by atoms with E-state index in [4.69, 9.17) is 11.6 Å². The Bertz CT molecular complexity index is 994. The largest absolute Gasteiger partial charge is 0.416 e. The molecule has 28 heavy (non-hydrogen) atoms. The Morgan fingerprint density at radius 1 is 1.18 bits per heavy atom. The number of nitrogens with one attached hydrogen (secondary N) is 1. The molecule has 1 atom stereocenters. The Labute approximate surface area is 166 Å². The maximum atomic E-state index is 13.0. The average Bonchev–Trinajstić information content (AvgIpc) is 2.56. The SMILES string of the molecule is Cc1ccc(NC(=O)C(C)N(c2cccc(C(F)(F)F)c2)S(C)(=O)=O)cc1Cl. The van der Waals surface area contributed by atoms with Crippen LogP contribution in [-0.2, 0) is 21.0 Å². The van der Waals surface area contributed by atoms with Gasteiger partial charge in [-0.2, -0.15) is 13.2 Å². The number of sulfonamides is 1. The van der Waals surface area contributed by atoms with E-state index >= 15 is 0 Å². The van der Waals surface area contributed by atoms with Gasteiger partial charge in [-0.1, -0.05) is 23.7 Å². The van der Waals surface area contributed by atoms with Gasteiger partial charge < -0.3 is 5.32 Å². The molecule has 0 heterocycles. The molecule has 0 aliphatic heterocycles. The lowest BCUT2D eigenvalue weighted by Gasteiger charge is -2.28. The van der Waals surface area contributed by atoms with E-state index in [2.05, 4.69) is 5.32 Å². The topological polar surface area (TPSA) is 66.5 Å². The zero-order valence-electron chi connectivity index (χ0n) is 15.2. The fourth-order valence-corrected chi connectivity index (χ4v) is 3.89. The molecule has 2 aromatic rings. The summed E-state index contributed by atoms with van der Waals surface area (Å²) in [5.74, 6) is -0.720. The van der Waals surface area contributed by atoms with E-state index in [0.29, 0.717) is 21.1 Å². The standard InChI is InChI=1S/C18H18ClF3N2O3S/c1-11-7-8-14(10-16(11)19)23-17(25)12(2)24(28(3,26)27)15-6-4-5-13(9-15)18(20,21)22/h4-10,12H,1-3H3,(H,23,25). The van der Waals surface area contributed by atoms with Crippen LogP contribution in [0.1, 0.15) is 18.1 Å². The molecule has 0 saturated heterocycles. The van der Waals surface area contributed by atoms with E-state index in [9.17, 15) is 26.4 Å². The van der Waals surface area contributed by atoms with Gasteiger partial charge in [-0.05, 0) is 49.7 Å². The van der Waals surface area contributed by atoms with Crippen LogP contribution in [0.3, 0.4) is 0 Å². The number of amides is 1. The Morgan fingerprint density at radius 3 is 2.36 bits per heavy atom. The van der Waals surface area contributed by atoms with Gasteiger partial charge in [0.2, 0.25) is 15.9 Å². The van der Waals surface area contributed by atoms with Crippen LogP contribution in [0, 0.1) is 6.92 Å². The lowest BCUT2D eigenvalue weighted by molar-refractivity contribution is -0.137. The van der Waals surface area contributed by atoms with Gasteiger partial charge in [-0.15, -0.1) is 0 Å². The summed E-state index contributed by atoms with van der Waals surface area (Å²) in [5.41, 5.74) is -0.155. The molecule has 10 heteroatoms. The summed E-state index contributed by atoms with van der Waals surface area (Å²) in [6.07, 6.45) is -3.83. The maximum absolute atomic E-state index is 13.0. The molecule has 0 aliphatic rings. The lowest BCUT2D eigenvalue weighted by Crippen LogP contribution is -2.45. The molecule has 1 N–H and O–H groups in total. The summed E-state index contributed by atoms with van der Waals surface area (Å²) < 4.78 is 64.1. The number of aryl methyl sites for hydroxylation is 1. The Morgan fingerprint density at radius 2 is 1.82 bits per heavy atom. The van der Waals surface area contributed by atoms with E-state index in [0.717, 1.165) is 24.0 Å². The molecule has 1 unspecified atom stereocenters. The van der Waals surface area contributed by atoms with Crippen LogP contribution >= 0.6 is 11.6 Å². The molecule has 0 aromatic heterocycles. The normalized spacial score (nSPS) is 13.1. The van der Waals surface area contributed by atoms with Crippen molar-refractivity contribution >= 4 is 38.9 Å². The number of anilines is 2. The third-order valence-electron chi connectivity index (χ3n) is 3.96. The van der Waals surface area contributed by atoms with Crippen LogP contribution < -0.4 is 9.62 Å². The Hall–Kier alpha value is -2.26. The van der Waals surface area contributed by atoms with Gasteiger partial charge in [0, 0.05) is 10.7 Å². The maximum Gasteiger partial charge on any atom is 0.416 e. The minimum Gasteiger partial charge on any atom is -0.324 e.